The van der Waals surface area contributed by atoms with Crippen LogP contribution in [0.15, 0.2) is 36.4 Å². The number of likely N-dealkylation sites (tertiary alicyclic amines) is 1. The molecule has 120 valence electrons. The van der Waals surface area contributed by atoms with Crippen LogP contribution in [0.2, 0.25) is 0 Å². The van der Waals surface area contributed by atoms with Crippen molar-refractivity contribution in [1.29, 1.82) is 0 Å². The van der Waals surface area contributed by atoms with Crippen LogP contribution in [0.4, 0.5) is 10.1 Å². The summed E-state index contributed by atoms with van der Waals surface area (Å²) in [6.45, 7) is 3.32. The van der Waals surface area contributed by atoms with Crippen molar-refractivity contribution in [3.8, 4) is 0 Å². The zero-order chi connectivity index (χ0) is 16.4. The van der Waals surface area contributed by atoms with E-state index in [4.69, 9.17) is 0 Å². The van der Waals surface area contributed by atoms with Crippen LogP contribution in [0, 0.1) is 12.7 Å². The van der Waals surface area contributed by atoms with Gasteiger partial charge < -0.3 is 10.2 Å². The number of hydrogen-bond donors (Lipinski definition) is 1. The van der Waals surface area contributed by atoms with Crippen LogP contribution in [0.25, 0.3) is 0 Å². The minimum atomic E-state index is -0.329. The molecule has 0 saturated carbocycles. The van der Waals surface area contributed by atoms with Gasteiger partial charge in [-0.1, -0.05) is 0 Å². The van der Waals surface area contributed by atoms with Gasteiger partial charge in [0.2, 0.25) is 0 Å². The third kappa shape index (κ3) is 3.33. The standard InChI is InChI=1S/C18H20FN3O/c1-12-9-16(20-2)10-17(21-12)14-7-8-22(11-14)18(23)13-3-5-15(19)6-4-13/h3-6,9-10,14H,7-8,11H2,1-2H3,(H,20,21). The molecule has 1 atom stereocenters. The highest BCUT2D eigenvalue weighted by Crippen LogP contribution is 2.28. The Balaban J connectivity index is 1.74. The maximum Gasteiger partial charge on any atom is 0.253 e. The van der Waals surface area contributed by atoms with Crippen LogP contribution in [0.5, 0.6) is 0 Å². The number of pyridine rings is 1. The minimum absolute atomic E-state index is 0.0472. The Kier molecular flexibility index (Phi) is 4.28. The van der Waals surface area contributed by atoms with E-state index in [1.54, 1.807) is 0 Å². The van der Waals surface area contributed by atoms with Crippen molar-refractivity contribution in [3.05, 3.63) is 59.2 Å². The molecule has 1 aromatic carbocycles. The van der Waals surface area contributed by atoms with Gasteiger partial charge >= 0.3 is 0 Å². The second-order valence-corrected chi connectivity index (χ2v) is 5.92. The van der Waals surface area contributed by atoms with Crippen LogP contribution < -0.4 is 5.32 Å². The Morgan fingerprint density at radius 3 is 2.74 bits per heavy atom. The number of anilines is 1. The van der Waals surface area contributed by atoms with E-state index < -0.39 is 0 Å². The van der Waals surface area contributed by atoms with Crippen LogP contribution in [-0.4, -0.2) is 35.9 Å². The van der Waals surface area contributed by atoms with Crippen molar-refractivity contribution in [1.82, 2.24) is 9.88 Å². The van der Waals surface area contributed by atoms with Gasteiger partial charge in [-0.15, -0.1) is 0 Å². The predicted molar refractivity (Wildman–Crippen MR) is 88.2 cm³/mol. The molecule has 1 fully saturated rings. The molecule has 2 heterocycles. The fourth-order valence-electron chi connectivity index (χ4n) is 3.01. The molecule has 0 bridgehead atoms. The topological polar surface area (TPSA) is 45.2 Å². The second-order valence-electron chi connectivity index (χ2n) is 5.92. The minimum Gasteiger partial charge on any atom is -0.388 e. The summed E-state index contributed by atoms with van der Waals surface area (Å²) < 4.78 is 13.0. The molecule has 1 unspecified atom stereocenters. The highest BCUT2D eigenvalue weighted by Gasteiger charge is 2.29. The Hall–Kier alpha value is -2.43. The van der Waals surface area contributed by atoms with Crippen molar-refractivity contribution in [3.63, 3.8) is 0 Å². The fourth-order valence-corrected chi connectivity index (χ4v) is 3.01. The number of hydrogen-bond acceptors (Lipinski definition) is 3. The highest BCUT2D eigenvalue weighted by atomic mass is 19.1. The molecule has 0 aliphatic carbocycles. The van der Waals surface area contributed by atoms with Crippen molar-refractivity contribution in [2.45, 2.75) is 19.3 Å². The van der Waals surface area contributed by atoms with E-state index in [-0.39, 0.29) is 17.6 Å². The molecular weight excluding hydrogens is 293 g/mol. The van der Waals surface area contributed by atoms with Crippen LogP contribution >= 0.6 is 0 Å². The zero-order valence-corrected chi connectivity index (χ0v) is 13.3. The van der Waals surface area contributed by atoms with E-state index >= 15 is 0 Å². The summed E-state index contributed by atoms with van der Waals surface area (Å²) in [5, 5.41) is 3.14. The quantitative estimate of drug-likeness (QED) is 0.946. The fraction of sp³-hybridized carbons (Fsp3) is 0.333. The molecular formula is C18H20FN3O. The number of aryl methyl sites for hydroxylation is 1. The first-order valence-corrected chi connectivity index (χ1v) is 7.78. The van der Waals surface area contributed by atoms with Gasteiger partial charge in [-0.05, 0) is 49.7 Å². The smallest absolute Gasteiger partial charge is 0.253 e. The summed E-state index contributed by atoms with van der Waals surface area (Å²) >= 11 is 0. The summed E-state index contributed by atoms with van der Waals surface area (Å²) in [4.78, 5) is 18.9. The van der Waals surface area contributed by atoms with E-state index in [9.17, 15) is 9.18 Å². The highest BCUT2D eigenvalue weighted by molar-refractivity contribution is 5.94. The Morgan fingerprint density at radius 2 is 2.04 bits per heavy atom. The number of amides is 1. The van der Waals surface area contributed by atoms with E-state index in [0.717, 1.165) is 23.5 Å². The van der Waals surface area contributed by atoms with Gasteiger partial charge in [0.25, 0.3) is 5.91 Å². The number of nitrogens with one attached hydrogen (secondary N) is 1. The maximum atomic E-state index is 13.0. The lowest BCUT2D eigenvalue weighted by Gasteiger charge is -2.17. The lowest BCUT2D eigenvalue weighted by atomic mass is 10.0. The number of carbonyl (C=O) groups is 1. The molecule has 4 nitrogen and oxygen atoms in total. The summed E-state index contributed by atoms with van der Waals surface area (Å²) in [5.41, 5.74) is 3.55. The lowest BCUT2D eigenvalue weighted by Crippen LogP contribution is -2.28. The SMILES string of the molecule is CNc1cc(C)nc(C2CCN(C(=O)c3ccc(F)cc3)C2)c1. The molecule has 1 aromatic heterocycles. The van der Waals surface area contributed by atoms with Crippen LogP contribution in [0.1, 0.15) is 34.1 Å². The average Bonchev–Trinajstić information content (AvgIpc) is 3.04. The van der Waals surface area contributed by atoms with E-state index in [0.29, 0.717) is 18.7 Å². The number of aromatic nitrogens is 1. The van der Waals surface area contributed by atoms with Crippen LogP contribution in [-0.2, 0) is 0 Å². The average molecular weight is 313 g/mol. The van der Waals surface area contributed by atoms with E-state index in [1.807, 2.05) is 31.0 Å². The first-order valence-electron chi connectivity index (χ1n) is 7.78. The number of rotatable bonds is 3. The van der Waals surface area contributed by atoms with Crippen molar-refractivity contribution >= 4 is 11.6 Å². The molecule has 1 saturated heterocycles. The molecule has 1 amide bonds. The largest absolute Gasteiger partial charge is 0.388 e. The summed E-state index contributed by atoms with van der Waals surface area (Å²) in [6.07, 6.45) is 0.895. The number of halogens is 1. The number of carbonyl (C=O) groups excluding carboxylic acids is 1. The van der Waals surface area contributed by atoms with Crippen molar-refractivity contribution < 1.29 is 9.18 Å². The van der Waals surface area contributed by atoms with Gasteiger partial charge in [-0.2, -0.15) is 0 Å². The van der Waals surface area contributed by atoms with Crippen molar-refractivity contribution in [2.75, 3.05) is 25.5 Å². The Labute approximate surface area is 135 Å². The van der Waals surface area contributed by atoms with Gasteiger partial charge in [0.05, 0.1) is 0 Å². The summed E-state index contributed by atoms with van der Waals surface area (Å²) in [5.74, 6) is -0.134. The molecule has 1 aliphatic rings. The second kappa shape index (κ2) is 6.36. The molecule has 5 heteroatoms. The summed E-state index contributed by atoms with van der Waals surface area (Å²) in [7, 11) is 1.89. The van der Waals surface area contributed by atoms with Gasteiger partial charge in [0, 0.05) is 48.7 Å². The van der Waals surface area contributed by atoms with Gasteiger partial charge in [-0.25, -0.2) is 4.39 Å². The molecule has 1 N–H and O–H groups in total. The molecule has 0 spiro atoms. The Bertz CT molecular complexity index is 715. The summed E-state index contributed by atoms with van der Waals surface area (Å²) in [6, 6.07) is 9.76. The van der Waals surface area contributed by atoms with E-state index in [2.05, 4.69) is 10.3 Å². The van der Waals surface area contributed by atoms with Gasteiger partial charge in [0.1, 0.15) is 5.82 Å². The van der Waals surface area contributed by atoms with Crippen LogP contribution in [0.3, 0.4) is 0 Å². The first kappa shape index (κ1) is 15.5. The third-order valence-corrected chi connectivity index (χ3v) is 4.25. The third-order valence-electron chi connectivity index (χ3n) is 4.25. The maximum absolute atomic E-state index is 13.0. The van der Waals surface area contributed by atoms with E-state index in [1.165, 1.54) is 24.3 Å². The molecule has 2 aromatic rings. The first-order chi connectivity index (χ1) is 11.1. The van der Waals surface area contributed by atoms with Crippen molar-refractivity contribution in [2.24, 2.45) is 0 Å². The zero-order valence-electron chi connectivity index (χ0n) is 13.3. The molecule has 0 radical (unpaired) electrons. The number of benzene rings is 1. The molecule has 23 heavy (non-hydrogen) atoms. The Morgan fingerprint density at radius 1 is 1.30 bits per heavy atom. The molecule has 1 aliphatic heterocycles. The van der Waals surface area contributed by atoms with Gasteiger partial charge in [-0.3, -0.25) is 9.78 Å². The lowest BCUT2D eigenvalue weighted by molar-refractivity contribution is 0.0790. The van der Waals surface area contributed by atoms with Gasteiger partial charge in [0.15, 0.2) is 0 Å². The number of nitrogens with zero attached hydrogens (tertiary/aromatic N) is 2. The predicted octanol–water partition coefficient (Wildman–Crippen LogP) is 3.20. The molecule has 3 rings (SSSR count). The normalized spacial score (nSPS) is 17.3. The monoisotopic (exact) mass is 313 g/mol.